The fourth-order valence-electron chi connectivity index (χ4n) is 2.22. The van der Waals surface area contributed by atoms with Gasteiger partial charge in [0.05, 0.1) is 18.4 Å². The maximum absolute atomic E-state index is 10.9. The minimum absolute atomic E-state index is 0.102. The molecule has 0 unspecified atom stereocenters. The zero-order chi connectivity index (χ0) is 13.4. The highest BCUT2D eigenvalue weighted by molar-refractivity contribution is 5.94. The van der Waals surface area contributed by atoms with E-state index in [-0.39, 0.29) is 6.42 Å². The van der Waals surface area contributed by atoms with Gasteiger partial charge in [0.2, 0.25) is 0 Å². The lowest BCUT2D eigenvalue weighted by molar-refractivity contribution is -0.136. The SMILES string of the molecule is Cn1cc(-c2coc3ccccc23)c(CC(=O)O)n1. The van der Waals surface area contributed by atoms with Crippen LogP contribution in [0.3, 0.4) is 0 Å². The van der Waals surface area contributed by atoms with Crippen LogP contribution in [0.25, 0.3) is 22.1 Å². The molecule has 0 bridgehead atoms. The van der Waals surface area contributed by atoms with E-state index < -0.39 is 5.97 Å². The fourth-order valence-corrected chi connectivity index (χ4v) is 2.22. The molecule has 5 heteroatoms. The minimum Gasteiger partial charge on any atom is -0.481 e. The van der Waals surface area contributed by atoms with E-state index in [2.05, 4.69) is 5.10 Å². The maximum atomic E-state index is 10.9. The topological polar surface area (TPSA) is 68.3 Å². The summed E-state index contributed by atoms with van der Waals surface area (Å²) in [5.74, 6) is -0.896. The monoisotopic (exact) mass is 256 g/mol. The lowest BCUT2D eigenvalue weighted by Crippen LogP contribution is -2.02. The van der Waals surface area contributed by atoms with Crippen molar-refractivity contribution in [1.29, 1.82) is 0 Å². The van der Waals surface area contributed by atoms with E-state index in [0.717, 1.165) is 22.1 Å². The van der Waals surface area contributed by atoms with E-state index in [1.807, 2.05) is 30.5 Å². The molecule has 96 valence electrons. The summed E-state index contributed by atoms with van der Waals surface area (Å²) in [7, 11) is 1.77. The summed E-state index contributed by atoms with van der Waals surface area (Å²) >= 11 is 0. The van der Waals surface area contributed by atoms with Crippen LogP contribution in [0, 0.1) is 0 Å². The number of para-hydroxylation sites is 1. The Bertz CT molecular complexity index is 755. The summed E-state index contributed by atoms with van der Waals surface area (Å²) in [5, 5.41) is 14.1. The molecule has 1 aromatic carbocycles. The highest BCUT2D eigenvalue weighted by Crippen LogP contribution is 2.32. The predicted molar refractivity (Wildman–Crippen MR) is 69.8 cm³/mol. The number of nitrogens with zero attached hydrogens (tertiary/aromatic N) is 2. The zero-order valence-corrected chi connectivity index (χ0v) is 10.3. The standard InChI is InChI=1S/C14H12N2O3/c1-16-7-10(12(15-16)6-14(17)18)11-8-19-13-5-3-2-4-9(11)13/h2-5,7-8H,6H2,1H3,(H,17,18). The molecule has 0 atom stereocenters. The number of furan rings is 1. The first kappa shape index (κ1) is 11.5. The van der Waals surface area contributed by atoms with Crippen molar-refractivity contribution in [3.63, 3.8) is 0 Å². The summed E-state index contributed by atoms with van der Waals surface area (Å²) in [6.07, 6.45) is 3.36. The first-order valence-electron chi connectivity index (χ1n) is 5.86. The Kier molecular flexibility index (Phi) is 2.59. The van der Waals surface area contributed by atoms with Crippen molar-refractivity contribution in [3.8, 4) is 11.1 Å². The number of aromatic nitrogens is 2. The molecule has 0 saturated carbocycles. The van der Waals surface area contributed by atoms with Crippen molar-refractivity contribution < 1.29 is 14.3 Å². The number of fused-ring (bicyclic) bond motifs is 1. The molecule has 0 aliphatic heterocycles. The van der Waals surface area contributed by atoms with E-state index in [1.54, 1.807) is 18.0 Å². The number of benzene rings is 1. The molecule has 3 rings (SSSR count). The van der Waals surface area contributed by atoms with E-state index in [1.165, 1.54) is 0 Å². The number of hydrogen-bond acceptors (Lipinski definition) is 3. The third-order valence-electron chi connectivity index (χ3n) is 3.00. The molecular formula is C14H12N2O3. The number of carboxylic acids is 1. The van der Waals surface area contributed by atoms with Crippen molar-refractivity contribution in [3.05, 3.63) is 42.4 Å². The van der Waals surface area contributed by atoms with Gasteiger partial charge in [-0.1, -0.05) is 18.2 Å². The van der Waals surface area contributed by atoms with Gasteiger partial charge in [0, 0.05) is 29.8 Å². The van der Waals surface area contributed by atoms with Crippen LogP contribution in [0.15, 0.2) is 41.1 Å². The van der Waals surface area contributed by atoms with Crippen molar-refractivity contribution >= 4 is 16.9 Å². The van der Waals surface area contributed by atoms with Gasteiger partial charge < -0.3 is 9.52 Å². The largest absolute Gasteiger partial charge is 0.481 e. The zero-order valence-electron chi connectivity index (χ0n) is 10.3. The highest BCUT2D eigenvalue weighted by atomic mass is 16.4. The molecule has 19 heavy (non-hydrogen) atoms. The third kappa shape index (κ3) is 1.99. The van der Waals surface area contributed by atoms with E-state index in [9.17, 15) is 4.79 Å². The van der Waals surface area contributed by atoms with Crippen molar-refractivity contribution in [1.82, 2.24) is 9.78 Å². The van der Waals surface area contributed by atoms with Crippen LogP contribution >= 0.6 is 0 Å². The van der Waals surface area contributed by atoms with Crippen LogP contribution in [0.1, 0.15) is 5.69 Å². The summed E-state index contributed by atoms with van der Waals surface area (Å²) in [6.45, 7) is 0. The Morgan fingerprint density at radius 2 is 2.16 bits per heavy atom. The van der Waals surface area contributed by atoms with Gasteiger partial charge in [-0.05, 0) is 6.07 Å². The van der Waals surface area contributed by atoms with Crippen LogP contribution in [0.4, 0.5) is 0 Å². The van der Waals surface area contributed by atoms with Crippen molar-refractivity contribution in [2.24, 2.45) is 7.05 Å². The van der Waals surface area contributed by atoms with Gasteiger partial charge in [0.25, 0.3) is 0 Å². The van der Waals surface area contributed by atoms with E-state index >= 15 is 0 Å². The molecule has 0 amide bonds. The average Bonchev–Trinajstić information content (AvgIpc) is 2.92. The number of hydrogen-bond donors (Lipinski definition) is 1. The molecule has 5 nitrogen and oxygen atoms in total. The lowest BCUT2D eigenvalue weighted by Gasteiger charge is -1.97. The maximum Gasteiger partial charge on any atom is 0.309 e. The first-order chi connectivity index (χ1) is 9.15. The van der Waals surface area contributed by atoms with Crippen molar-refractivity contribution in [2.75, 3.05) is 0 Å². The van der Waals surface area contributed by atoms with Crippen LogP contribution < -0.4 is 0 Å². The minimum atomic E-state index is -0.896. The Hall–Kier alpha value is -2.56. The van der Waals surface area contributed by atoms with Gasteiger partial charge in [0.1, 0.15) is 5.58 Å². The second-order valence-corrected chi connectivity index (χ2v) is 4.38. The smallest absolute Gasteiger partial charge is 0.309 e. The Balaban J connectivity index is 2.18. The molecule has 0 aliphatic rings. The molecule has 1 N–H and O–H groups in total. The molecule has 0 aliphatic carbocycles. The molecule has 0 saturated heterocycles. The van der Waals surface area contributed by atoms with Gasteiger partial charge in [-0.15, -0.1) is 0 Å². The molecular weight excluding hydrogens is 244 g/mol. The summed E-state index contributed by atoms with van der Waals surface area (Å²) in [5.41, 5.74) is 3.00. The van der Waals surface area contributed by atoms with Crippen LogP contribution in [0.2, 0.25) is 0 Å². The van der Waals surface area contributed by atoms with E-state index in [0.29, 0.717) is 5.69 Å². The normalized spacial score (nSPS) is 11.0. The number of aliphatic carboxylic acids is 1. The first-order valence-corrected chi connectivity index (χ1v) is 5.86. The van der Waals surface area contributed by atoms with Gasteiger partial charge in [-0.25, -0.2) is 0 Å². The molecule has 2 aromatic heterocycles. The third-order valence-corrected chi connectivity index (χ3v) is 3.00. The number of carbonyl (C=O) groups is 1. The molecule has 3 aromatic rings. The Morgan fingerprint density at radius 3 is 2.95 bits per heavy atom. The predicted octanol–water partition coefficient (Wildman–Crippen LogP) is 2.46. The fraction of sp³-hybridized carbons (Fsp3) is 0.143. The quantitative estimate of drug-likeness (QED) is 0.781. The van der Waals surface area contributed by atoms with Crippen LogP contribution in [-0.2, 0) is 18.3 Å². The Morgan fingerprint density at radius 1 is 1.37 bits per heavy atom. The van der Waals surface area contributed by atoms with Gasteiger partial charge >= 0.3 is 5.97 Å². The summed E-state index contributed by atoms with van der Waals surface area (Å²) < 4.78 is 7.11. The molecule has 0 fully saturated rings. The highest BCUT2D eigenvalue weighted by Gasteiger charge is 2.16. The van der Waals surface area contributed by atoms with Crippen LogP contribution in [0.5, 0.6) is 0 Å². The number of aryl methyl sites for hydroxylation is 1. The lowest BCUT2D eigenvalue weighted by atomic mass is 10.0. The molecule has 0 spiro atoms. The second kappa shape index (κ2) is 4.28. The van der Waals surface area contributed by atoms with Crippen LogP contribution in [-0.4, -0.2) is 20.9 Å². The number of carboxylic acid groups (broad SMARTS) is 1. The van der Waals surface area contributed by atoms with Gasteiger partial charge in [-0.3, -0.25) is 9.48 Å². The second-order valence-electron chi connectivity index (χ2n) is 4.38. The molecule has 2 heterocycles. The summed E-state index contributed by atoms with van der Waals surface area (Å²) in [6, 6.07) is 7.66. The Labute approximate surface area is 109 Å². The number of rotatable bonds is 3. The van der Waals surface area contributed by atoms with E-state index in [4.69, 9.17) is 9.52 Å². The molecule has 0 radical (unpaired) electrons. The summed E-state index contributed by atoms with van der Waals surface area (Å²) in [4.78, 5) is 10.9. The van der Waals surface area contributed by atoms with Crippen molar-refractivity contribution in [2.45, 2.75) is 6.42 Å². The van der Waals surface area contributed by atoms with Gasteiger partial charge in [-0.2, -0.15) is 5.10 Å². The van der Waals surface area contributed by atoms with Gasteiger partial charge in [0.15, 0.2) is 0 Å². The average molecular weight is 256 g/mol.